The molecule has 0 aliphatic heterocycles. The van der Waals surface area contributed by atoms with Crippen molar-refractivity contribution < 1.29 is 0 Å². The molecule has 0 radical (unpaired) electrons. The molecule has 0 aromatic heterocycles. The van der Waals surface area contributed by atoms with Crippen LogP contribution in [0, 0.1) is 0 Å². The predicted molar refractivity (Wildman–Crippen MR) is 151 cm³/mol. The molecule has 0 amide bonds. The van der Waals surface area contributed by atoms with E-state index in [1.165, 1.54) is 33.4 Å². The first-order valence-corrected chi connectivity index (χ1v) is 12.7. The molecule has 2 heteroatoms. The highest BCUT2D eigenvalue weighted by atomic mass is 31.0. The molecule has 0 aliphatic carbocycles. The Bertz CT molecular complexity index is 1160. The number of hydrogen-bond acceptors (Lipinski definition) is 0. The minimum absolute atomic E-state index is 0.412. The standard InChI is InChI=1S/C32H28P2/c33-31(25-15-5-1-6-16-25,26-17-7-2-8-18-26)29-23-13-14-24-30(29)32(34,27-19-9-3-10-20-27)28-21-11-4-12-22-28/h1-24H,33-34H2. The van der Waals surface area contributed by atoms with Gasteiger partial charge >= 0.3 is 0 Å². The summed E-state index contributed by atoms with van der Waals surface area (Å²) >= 11 is 0. The van der Waals surface area contributed by atoms with Gasteiger partial charge in [-0.05, 0) is 33.4 Å². The second-order valence-electron chi connectivity index (χ2n) is 8.63. The highest BCUT2D eigenvalue weighted by Gasteiger charge is 2.40. The van der Waals surface area contributed by atoms with E-state index >= 15 is 0 Å². The number of rotatable bonds is 6. The normalized spacial score (nSPS) is 11.8. The molecule has 0 N–H and O–H groups in total. The molecule has 0 aliphatic rings. The fourth-order valence-electron chi connectivity index (χ4n) is 4.93. The van der Waals surface area contributed by atoms with Crippen molar-refractivity contribution in [2.24, 2.45) is 0 Å². The van der Waals surface area contributed by atoms with Crippen LogP contribution in [0.4, 0.5) is 0 Å². The lowest BCUT2D eigenvalue weighted by Crippen LogP contribution is -2.30. The summed E-state index contributed by atoms with van der Waals surface area (Å²) in [4.78, 5) is 0. The molecule has 0 saturated heterocycles. The Morgan fingerprint density at radius 2 is 0.500 bits per heavy atom. The molecule has 34 heavy (non-hydrogen) atoms. The lowest BCUT2D eigenvalue weighted by Gasteiger charge is -2.39. The highest BCUT2D eigenvalue weighted by molar-refractivity contribution is 7.20. The number of hydrogen-bond donors (Lipinski definition) is 0. The zero-order valence-electron chi connectivity index (χ0n) is 19.0. The van der Waals surface area contributed by atoms with Crippen LogP contribution in [0.3, 0.4) is 0 Å². The van der Waals surface area contributed by atoms with Crippen molar-refractivity contribution >= 4 is 18.5 Å². The average Bonchev–Trinajstić information content (AvgIpc) is 2.94. The van der Waals surface area contributed by atoms with Crippen LogP contribution in [-0.2, 0) is 10.3 Å². The zero-order valence-corrected chi connectivity index (χ0v) is 21.3. The molecule has 0 saturated carbocycles. The van der Waals surface area contributed by atoms with Crippen LogP contribution in [0.5, 0.6) is 0 Å². The average molecular weight is 475 g/mol. The van der Waals surface area contributed by atoms with Gasteiger partial charge in [0.25, 0.3) is 0 Å². The van der Waals surface area contributed by atoms with E-state index < -0.39 is 10.3 Å². The number of benzene rings is 5. The molecule has 5 aromatic carbocycles. The molecule has 5 rings (SSSR count). The highest BCUT2D eigenvalue weighted by Crippen LogP contribution is 2.53. The van der Waals surface area contributed by atoms with E-state index in [2.05, 4.69) is 164 Å². The van der Waals surface area contributed by atoms with Gasteiger partial charge in [0.1, 0.15) is 0 Å². The Morgan fingerprint density at radius 3 is 0.735 bits per heavy atom. The van der Waals surface area contributed by atoms with E-state index in [9.17, 15) is 0 Å². The second-order valence-corrected chi connectivity index (χ2v) is 10.4. The minimum Gasteiger partial charge on any atom is -0.117 e. The first-order chi connectivity index (χ1) is 16.6. The SMILES string of the molecule is PC(c1ccccc1)(c1ccccc1)c1ccccc1C(P)(c1ccccc1)c1ccccc1. The molecule has 166 valence electrons. The lowest BCUT2D eigenvalue weighted by atomic mass is 9.75. The van der Waals surface area contributed by atoms with Gasteiger partial charge in [0.2, 0.25) is 0 Å². The topological polar surface area (TPSA) is 0 Å². The second kappa shape index (κ2) is 9.68. The van der Waals surface area contributed by atoms with Crippen LogP contribution in [0.2, 0.25) is 0 Å². The Balaban J connectivity index is 1.85. The summed E-state index contributed by atoms with van der Waals surface area (Å²) in [5.74, 6) is 0. The van der Waals surface area contributed by atoms with E-state index in [0.29, 0.717) is 0 Å². The van der Waals surface area contributed by atoms with Gasteiger partial charge in [-0.25, -0.2) is 0 Å². The van der Waals surface area contributed by atoms with E-state index in [0.717, 1.165) is 0 Å². The van der Waals surface area contributed by atoms with Crippen LogP contribution in [-0.4, -0.2) is 0 Å². The summed E-state index contributed by atoms with van der Waals surface area (Å²) in [5.41, 5.74) is 7.50. The van der Waals surface area contributed by atoms with E-state index in [1.807, 2.05) is 0 Å². The van der Waals surface area contributed by atoms with E-state index in [4.69, 9.17) is 0 Å². The molecule has 0 spiro atoms. The molecule has 0 fully saturated rings. The Morgan fingerprint density at radius 1 is 0.294 bits per heavy atom. The molecular formula is C32H28P2. The quantitative estimate of drug-likeness (QED) is 0.173. The molecule has 0 heterocycles. The van der Waals surface area contributed by atoms with Gasteiger partial charge in [0.15, 0.2) is 0 Å². The van der Waals surface area contributed by atoms with Crippen molar-refractivity contribution in [1.82, 2.24) is 0 Å². The van der Waals surface area contributed by atoms with Crippen molar-refractivity contribution in [2.45, 2.75) is 10.3 Å². The maximum atomic E-state index is 3.22. The summed E-state index contributed by atoms with van der Waals surface area (Å²) in [6.07, 6.45) is 0. The molecular weight excluding hydrogens is 446 g/mol. The van der Waals surface area contributed by atoms with Crippen molar-refractivity contribution in [1.29, 1.82) is 0 Å². The maximum Gasteiger partial charge on any atom is 0.0594 e. The van der Waals surface area contributed by atoms with Crippen LogP contribution < -0.4 is 0 Å². The molecule has 2 unspecified atom stereocenters. The van der Waals surface area contributed by atoms with Crippen LogP contribution >= 0.6 is 18.5 Å². The monoisotopic (exact) mass is 474 g/mol. The summed E-state index contributed by atoms with van der Waals surface area (Å²) in [5, 5.41) is -0.824. The van der Waals surface area contributed by atoms with Gasteiger partial charge in [0.05, 0.1) is 10.3 Å². The third-order valence-corrected chi connectivity index (χ3v) is 8.65. The summed E-state index contributed by atoms with van der Waals surface area (Å²) in [6.45, 7) is 0. The molecule has 2 atom stereocenters. The van der Waals surface area contributed by atoms with Crippen LogP contribution in [0.15, 0.2) is 146 Å². The summed E-state index contributed by atoms with van der Waals surface area (Å²) in [7, 11) is 6.43. The predicted octanol–water partition coefficient (Wildman–Crippen LogP) is 8.02. The first kappa shape index (κ1) is 22.7. The van der Waals surface area contributed by atoms with Crippen LogP contribution in [0.25, 0.3) is 0 Å². The summed E-state index contributed by atoms with van der Waals surface area (Å²) < 4.78 is 0. The molecule has 0 bridgehead atoms. The van der Waals surface area contributed by atoms with Gasteiger partial charge < -0.3 is 0 Å². The van der Waals surface area contributed by atoms with Crippen molar-refractivity contribution in [3.05, 3.63) is 179 Å². The maximum absolute atomic E-state index is 3.22. The lowest BCUT2D eigenvalue weighted by molar-refractivity contribution is 0.817. The fourth-order valence-corrected chi connectivity index (χ4v) is 6.20. The third kappa shape index (κ3) is 3.92. The summed E-state index contributed by atoms with van der Waals surface area (Å²) in [6, 6.07) is 52.1. The van der Waals surface area contributed by atoms with Crippen LogP contribution in [0.1, 0.15) is 33.4 Å². The van der Waals surface area contributed by atoms with Gasteiger partial charge in [-0.15, -0.1) is 18.5 Å². The largest absolute Gasteiger partial charge is 0.117 e. The third-order valence-electron chi connectivity index (χ3n) is 6.69. The minimum atomic E-state index is -0.412. The Hall–Kier alpha value is -3.04. The Kier molecular flexibility index (Phi) is 6.47. The molecule has 0 nitrogen and oxygen atoms in total. The van der Waals surface area contributed by atoms with E-state index in [1.54, 1.807) is 0 Å². The van der Waals surface area contributed by atoms with Crippen molar-refractivity contribution in [3.63, 3.8) is 0 Å². The van der Waals surface area contributed by atoms with E-state index in [-0.39, 0.29) is 0 Å². The van der Waals surface area contributed by atoms with Gasteiger partial charge in [-0.1, -0.05) is 146 Å². The first-order valence-electron chi connectivity index (χ1n) is 11.5. The smallest absolute Gasteiger partial charge is 0.0594 e. The van der Waals surface area contributed by atoms with Gasteiger partial charge in [-0.3, -0.25) is 0 Å². The molecule has 5 aromatic rings. The van der Waals surface area contributed by atoms with Gasteiger partial charge in [-0.2, -0.15) is 0 Å². The van der Waals surface area contributed by atoms with Crippen molar-refractivity contribution in [3.8, 4) is 0 Å². The van der Waals surface area contributed by atoms with Gasteiger partial charge in [0, 0.05) is 0 Å². The fraction of sp³-hybridized carbons (Fsp3) is 0.0625. The van der Waals surface area contributed by atoms with Crippen molar-refractivity contribution in [2.75, 3.05) is 0 Å². The Labute approximate surface area is 207 Å². The zero-order chi connectivity index (χ0) is 23.4.